The van der Waals surface area contributed by atoms with Crippen molar-refractivity contribution in [2.45, 2.75) is 147 Å². The second-order valence-electron chi connectivity index (χ2n) is 29.2. The summed E-state index contributed by atoms with van der Waals surface area (Å²) in [5.74, 6) is 5.10. The number of aliphatic hydroxyl groups is 1. The summed E-state index contributed by atoms with van der Waals surface area (Å²) in [5, 5.41) is 17.0. The first-order chi connectivity index (χ1) is 56.5. The summed E-state index contributed by atoms with van der Waals surface area (Å²) < 4.78 is 106. The molecule has 5 aliphatic rings. The van der Waals surface area contributed by atoms with Gasteiger partial charge in [-0.3, -0.25) is 48.2 Å². The van der Waals surface area contributed by atoms with E-state index < -0.39 is 98.2 Å². The van der Waals surface area contributed by atoms with Gasteiger partial charge in [0.05, 0.1) is 137 Å². The average molecular weight is 1710 g/mol. The van der Waals surface area contributed by atoms with Gasteiger partial charge in [0.1, 0.15) is 43.1 Å². The summed E-state index contributed by atoms with van der Waals surface area (Å²) >= 11 is 9.64. The van der Waals surface area contributed by atoms with Gasteiger partial charge >= 0.3 is 25.6 Å². The predicted octanol–water partition coefficient (Wildman–Crippen LogP) is 7.25. The minimum absolute atomic E-state index is 0.00732. The molecule has 3 aliphatic carbocycles. The normalized spacial score (nSPS) is 24.2. The van der Waals surface area contributed by atoms with Gasteiger partial charge in [-0.15, -0.1) is 11.8 Å². The lowest BCUT2D eigenvalue weighted by Crippen LogP contribution is -2.44. The number of carbonyl (C=O) groups is 6. The summed E-state index contributed by atoms with van der Waals surface area (Å²) in [4.78, 5) is 125. The number of ketones is 2. The molecule has 5 heterocycles. The number of aromatic amines is 1. The maximum atomic E-state index is 14.1. The summed E-state index contributed by atoms with van der Waals surface area (Å²) in [6.07, 6.45) is 1.77. The van der Waals surface area contributed by atoms with Crippen molar-refractivity contribution in [3.8, 4) is 17.7 Å². The van der Waals surface area contributed by atoms with E-state index in [1.54, 1.807) is 55.5 Å². The monoisotopic (exact) mass is 1710 g/mol. The smallest absolute Gasteiger partial charge is 0.410 e. The van der Waals surface area contributed by atoms with Gasteiger partial charge in [-0.05, 0) is 90.8 Å². The van der Waals surface area contributed by atoms with Crippen molar-refractivity contribution >= 4 is 90.1 Å². The van der Waals surface area contributed by atoms with Crippen LogP contribution in [0.25, 0.3) is 11.2 Å². The standard InChI is InChI=1S/C78H107N9O26P2S2/c1-51(2)62(42-57(88)22-25-99-27-29-101-31-33-103-35-37-105-39-38-104-36-34-102-32-30-100-28-26-98-24-11-16-68(90)106-47-63-60-14-7-5-6-8-15-61(60)63)74(93)82-52(3)64(89)40-53-17-19-54(20-18-53)45-107-78(95)86(4)44-55-12-9-10-13-59(55)73(92)84-77-83-72-69(75(94)85-77)81-50-87(72)76-71-70(91)66(111-76)48-109-114(96,116)112-65-43-58(110-67-21-23-79-49-80-67)41-56(65)46-108-115(97,117)113-71/h9-10,12-13,17-21,23,49-52,56,58,60-63,65-66,70-71,76,91H,7-8,11,14-16,22,24-48H2,1-4H3,(H,82,93)(H,96,116)(H,97,117)(H2,83,84,85,92,94)/t52-,56+,58+,60-,61+,62-,63?,65-,66+,70+,71+,76+,114?,115?/m0/s1. The van der Waals surface area contributed by atoms with Crippen LogP contribution >= 0.6 is 25.8 Å². The highest BCUT2D eigenvalue weighted by molar-refractivity contribution is 8.44. The van der Waals surface area contributed by atoms with E-state index in [1.165, 1.54) is 35.1 Å². The molecule has 35 nitrogen and oxygen atoms in total. The van der Waals surface area contributed by atoms with E-state index in [-0.39, 0.29) is 105 Å². The van der Waals surface area contributed by atoms with E-state index in [9.17, 15) is 48.1 Å². The number of hydrogen-bond donors (Lipinski definition) is 6. The lowest BCUT2D eigenvalue weighted by molar-refractivity contribution is -0.144. The lowest BCUT2D eigenvalue weighted by Gasteiger charge is -2.27. The number of esters is 1. The van der Waals surface area contributed by atoms with Crippen LogP contribution in [0.1, 0.15) is 118 Å². The molecular weight excluding hydrogens is 1600 g/mol. The van der Waals surface area contributed by atoms with Crippen LogP contribution in [0.4, 0.5) is 10.7 Å². The minimum atomic E-state index is -4.38. The highest BCUT2D eigenvalue weighted by Crippen LogP contribution is 2.59. The van der Waals surface area contributed by atoms with Crippen molar-refractivity contribution in [3.05, 3.63) is 106 Å². The molecule has 117 heavy (non-hydrogen) atoms. The highest BCUT2D eigenvalue weighted by Gasteiger charge is 2.52. The molecule has 3 amide bonds. The molecule has 642 valence electrons. The molecule has 2 saturated heterocycles. The Hall–Kier alpha value is -7.12. The Balaban J connectivity index is 0.548. The van der Waals surface area contributed by atoms with Gasteiger partial charge < -0.3 is 90.6 Å². The Morgan fingerprint density at radius 1 is 0.761 bits per heavy atom. The first-order valence-electron chi connectivity index (χ1n) is 39.5. The number of ether oxygens (including phenoxy) is 12. The van der Waals surface area contributed by atoms with E-state index in [0.29, 0.717) is 159 Å². The van der Waals surface area contributed by atoms with Gasteiger partial charge in [-0.1, -0.05) is 68.6 Å². The molecule has 39 heteroatoms. The molecule has 10 rings (SSSR count). The van der Waals surface area contributed by atoms with Crippen LogP contribution in [0.2, 0.25) is 0 Å². The quantitative estimate of drug-likeness (QED) is 0.00734. The lowest BCUT2D eigenvalue weighted by atomic mass is 9.88. The summed E-state index contributed by atoms with van der Waals surface area (Å²) in [5.41, 5.74) is 0.567. The third-order valence-corrected chi connectivity index (χ3v) is 23.5. The van der Waals surface area contributed by atoms with E-state index in [1.807, 2.05) is 13.8 Å². The second-order valence-corrected chi connectivity index (χ2v) is 34.9. The zero-order chi connectivity index (χ0) is 83.1. The maximum absolute atomic E-state index is 14.1. The molecule has 5 aromatic rings. The number of carbonyl (C=O) groups excluding carboxylic acids is 6. The number of aliphatic hydroxyl groups excluding tert-OH is 1. The molecule has 5 N–H and O–H groups in total. The highest BCUT2D eigenvalue weighted by atomic mass is 32.7. The average Bonchev–Trinajstić information content (AvgIpc) is 1.62. The molecule has 0 radical (unpaired) electrons. The molecule has 3 aromatic heterocycles. The van der Waals surface area contributed by atoms with Crippen molar-refractivity contribution in [3.63, 3.8) is 0 Å². The van der Waals surface area contributed by atoms with Gasteiger partial charge in [0, 0.05) is 94.8 Å². The first-order valence-corrected chi connectivity index (χ1v) is 44.7. The Labute approximate surface area is 689 Å². The number of fused-ring (bicyclic) bond motifs is 5. The Morgan fingerprint density at radius 2 is 1.38 bits per heavy atom. The maximum Gasteiger partial charge on any atom is 0.410 e. The van der Waals surface area contributed by atoms with Crippen molar-refractivity contribution < 1.29 is 118 Å². The third-order valence-electron chi connectivity index (χ3n) is 20.3. The fourth-order valence-corrected chi connectivity index (χ4v) is 16.9. The number of H-pyrrole nitrogens is 1. The van der Waals surface area contributed by atoms with Crippen LogP contribution in [0.5, 0.6) is 5.88 Å². The number of Topliss-reactive ketones (excluding diaryl/α,β-unsaturated/α-hetero) is 2. The van der Waals surface area contributed by atoms with Crippen molar-refractivity contribution in [2.75, 3.05) is 138 Å². The molecule has 0 spiro atoms. The van der Waals surface area contributed by atoms with Gasteiger partial charge in [0.25, 0.3) is 11.5 Å². The Kier molecular flexibility index (Phi) is 37.2. The molecule has 2 aliphatic heterocycles. The second kappa shape index (κ2) is 47.2. The summed E-state index contributed by atoms with van der Waals surface area (Å²) in [6, 6.07) is 14.0. The van der Waals surface area contributed by atoms with Crippen LogP contribution in [-0.2, 0) is 125 Å². The van der Waals surface area contributed by atoms with Crippen LogP contribution in [0.3, 0.4) is 0 Å². The number of nitrogens with one attached hydrogen (secondary N) is 3. The van der Waals surface area contributed by atoms with Crippen LogP contribution in [0.15, 0.2) is 78.2 Å². The van der Waals surface area contributed by atoms with Crippen LogP contribution < -0.4 is 20.9 Å². The Bertz CT molecular complexity index is 4240. The third kappa shape index (κ3) is 29.9. The zero-order valence-electron chi connectivity index (χ0n) is 66.2. The minimum Gasteiger partial charge on any atom is -0.474 e. The molecule has 2 bridgehead atoms. The number of benzene rings is 2. The van der Waals surface area contributed by atoms with E-state index >= 15 is 0 Å². The van der Waals surface area contributed by atoms with E-state index in [0.717, 1.165) is 32.0 Å². The number of amides is 3. The fourth-order valence-electron chi connectivity index (χ4n) is 13.9. The van der Waals surface area contributed by atoms with Crippen molar-refractivity contribution in [2.24, 2.45) is 35.5 Å². The Morgan fingerprint density at radius 3 is 2.02 bits per heavy atom. The molecule has 2 aromatic carbocycles. The van der Waals surface area contributed by atoms with Crippen LogP contribution in [-0.4, -0.2) is 249 Å². The number of hydrogen-bond acceptors (Lipinski definition) is 30. The predicted molar refractivity (Wildman–Crippen MR) is 427 cm³/mol. The molecule has 2 saturated carbocycles. The number of nitrogens with zero attached hydrogens (tertiary/aromatic N) is 6. The van der Waals surface area contributed by atoms with Crippen molar-refractivity contribution in [1.82, 2.24) is 39.7 Å². The topological polar surface area (TPSA) is 424 Å². The van der Waals surface area contributed by atoms with Gasteiger partial charge in [-0.25, -0.2) is 24.3 Å². The summed E-state index contributed by atoms with van der Waals surface area (Å²) in [7, 11) is 1.48. The van der Waals surface area contributed by atoms with Gasteiger partial charge in [0.15, 0.2) is 23.2 Å². The van der Waals surface area contributed by atoms with E-state index in [2.05, 4.69) is 59.6 Å². The number of rotatable bonds is 47. The first kappa shape index (κ1) is 92.2. The number of anilines is 1. The number of thiol groups is 1. The zero-order valence-corrected chi connectivity index (χ0v) is 69.7. The SMILES string of the molecule is CC(C)[C@H](CC(=O)CCOCCOCCOCCOCCOCCOCCOCCOCCCC(=O)OCC1[C@H]2CCC#CCC[C@@H]12)C(=O)N[C@@H](C)C(=O)Cc1ccc(COC(=O)N(C)Cc2ccccc2C(=O)Nc2nc3c(ncn3[C@@H]3O[C@@H]4COP(O)(=S)O[C@H]5C[C@H](Oc6ccncn6)C[C@@H]5COP(=O)(S)O[C@@H]3[C@@H]4O)c(=O)[nH]2)cc1. The number of aromatic nitrogens is 6. The van der Waals surface area contributed by atoms with Gasteiger partial charge in [-0.2, -0.15) is 4.98 Å². The number of imidazole rings is 1. The summed E-state index contributed by atoms with van der Waals surface area (Å²) in [6.45, 7) is 2.56. The molecule has 14 atom stereocenters. The molecule has 3 unspecified atom stereocenters. The largest absolute Gasteiger partial charge is 0.474 e. The van der Waals surface area contributed by atoms with Crippen LogP contribution in [0, 0.1) is 47.3 Å². The molecule has 4 fully saturated rings. The van der Waals surface area contributed by atoms with E-state index in [4.69, 9.17) is 86.7 Å². The fraction of sp³-hybridized carbons (Fsp3) is 0.628. The van der Waals surface area contributed by atoms with Gasteiger partial charge in [0.2, 0.25) is 17.7 Å². The molecular formula is C78H107N9O26P2S2. The van der Waals surface area contributed by atoms with Crippen molar-refractivity contribution in [1.29, 1.82) is 0 Å².